The standard InChI is InChI=1S/C13H22N4/c1-2-8-17(9-4-7-14)13-11-5-3-6-12(11)15-10-16-13/h10H,2-9,14H2,1H3. The minimum Gasteiger partial charge on any atom is -0.356 e. The normalized spacial score (nSPS) is 13.8. The van der Waals surface area contributed by atoms with Crippen molar-refractivity contribution >= 4 is 5.82 Å². The SMILES string of the molecule is CCCN(CCCN)c1ncnc2c1CCC2. The predicted octanol–water partition coefficient (Wildman–Crippen LogP) is 1.53. The maximum absolute atomic E-state index is 5.60. The quantitative estimate of drug-likeness (QED) is 0.811. The van der Waals surface area contributed by atoms with Gasteiger partial charge in [0.2, 0.25) is 0 Å². The Bertz CT molecular complexity index is 364. The number of rotatable bonds is 6. The van der Waals surface area contributed by atoms with Crippen molar-refractivity contribution in [3.8, 4) is 0 Å². The number of aromatic nitrogens is 2. The number of aryl methyl sites for hydroxylation is 1. The highest BCUT2D eigenvalue weighted by atomic mass is 15.2. The number of hydrogen-bond acceptors (Lipinski definition) is 4. The minimum absolute atomic E-state index is 0.744. The lowest BCUT2D eigenvalue weighted by Crippen LogP contribution is -2.29. The highest BCUT2D eigenvalue weighted by Crippen LogP contribution is 2.27. The second kappa shape index (κ2) is 5.96. The monoisotopic (exact) mass is 234 g/mol. The highest BCUT2D eigenvalue weighted by molar-refractivity contribution is 5.50. The summed E-state index contributed by atoms with van der Waals surface area (Å²) in [6.45, 7) is 5.02. The number of nitrogens with zero attached hydrogens (tertiary/aromatic N) is 3. The molecule has 4 nitrogen and oxygen atoms in total. The van der Waals surface area contributed by atoms with Crippen molar-refractivity contribution in [1.29, 1.82) is 0 Å². The van der Waals surface area contributed by atoms with Crippen LogP contribution in [-0.4, -0.2) is 29.6 Å². The van der Waals surface area contributed by atoms with Crippen molar-refractivity contribution in [3.63, 3.8) is 0 Å². The molecular weight excluding hydrogens is 212 g/mol. The fraction of sp³-hybridized carbons (Fsp3) is 0.692. The van der Waals surface area contributed by atoms with E-state index in [1.165, 1.54) is 17.7 Å². The van der Waals surface area contributed by atoms with Crippen LogP contribution in [0.25, 0.3) is 0 Å². The molecule has 0 saturated carbocycles. The average Bonchev–Trinajstić information content (AvgIpc) is 2.82. The van der Waals surface area contributed by atoms with Gasteiger partial charge in [0, 0.05) is 24.3 Å². The van der Waals surface area contributed by atoms with Crippen molar-refractivity contribution < 1.29 is 0 Å². The van der Waals surface area contributed by atoms with Gasteiger partial charge in [0.1, 0.15) is 12.1 Å². The molecule has 0 amide bonds. The molecule has 1 aliphatic carbocycles. The Morgan fingerprint density at radius 3 is 2.94 bits per heavy atom. The van der Waals surface area contributed by atoms with Gasteiger partial charge in [-0.15, -0.1) is 0 Å². The molecule has 0 spiro atoms. The molecule has 2 rings (SSSR count). The van der Waals surface area contributed by atoms with Crippen LogP contribution in [0.3, 0.4) is 0 Å². The van der Waals surface area contributed by atoms with Crippen LogP contribution < -0.4 is 10.6 Å². The lowest BCUT2D eigenvalue weighted by Gasteiger charge is -2.24. The van der Waals surface area contributed by atoms with Gasteiger partial charge in [-0.2, -0.15) is 0 Å². The van der Waals surface area contributed by atoms with Gasteiger partial charge in [-0.3, -0.25) is 0 Å². The van der Waals surface area contributed by atoms with Crippen LogP contribution in [0.2, 0.25) is 0 Å². The van der Waals surface area contributed by atoms with Gasteiger partial charge in [-0.05, 0) is 38.6 Å². The fourth-order valence-electron chi connectivity index (χ4n) is 2.49. The summed E-state index contributed by atoms with van der Waals surface area (Å²) in [7, 11) is 0. The average molecular weight is 234 g/mol. The maximum atomic E-state index is 5.60. The van der Waals surface area contributed by atoms with E-state index in [-0.39, 0.29) is 0 Å². The van der Waals surface area contributed by atoms with Crippen LogP contribution in [-0.2, 0) is 12.8 Å². The Kier molecular flexibility index (Phi) is 4.31. The van der Waals surface area contributed by atoms with Crippen molar-refractivity contribution in [2.45, 2.75) is 39.0 Å². The molecule has 1 aliphatic rings. The minimum atomic E-state index is 0.744. The smallest absolute Gasteiger partial charge is 0.135 e. The van der Waals surface area contributed by atoms with Crippen LogP contribution in [0.5, 0.6) is 0 Å². The first-order valence-electron chi connectivity index (χ1n) is 6.64. The summed E-state index contributed by atoms with van der Waals surface area (Å²) in [6, 6.07) is 0. The summed E-state index contributed by atoms with van der Waals surface area (Å²) in [4.78, 5) is 11.3. The molecule has 0 aliphatic heterocycles. The third-order valence-electron chi connectivity index (χ3n) is 3.28. The summed E-state index contributed by atoms with van der Waals surface area (Å²) >= 11 is 0. The number of fused-ring (bicyclic) bond motifs is 1. The lowest BCUT2D eigenvalue weighted by molar-refractivity contribution is 0.706. The largest absolute Gasteiger partial charge is 0.356 e. The Balaban J connectivity index is 2.20. The summed E-state index contributed by atoms with van der Waals surface area (Å²) in [5.74, 6) is 1.16. The molecule has 0 unspecified atom stereocenters. The van der Waals surface area contributed by atoms with Crippen molar-refractivity contribution in [3.05, 3.63) is 17.6 Å². The van der Waals surface area contributed by atoms with Crippen LogP contribution in [0.4, 0.5) is 5.82 Å². The van der Waals surface area contributed by atoms with E-state index in [9.17, 15) is 0 Å². The summed E-state index contributed by atoms with van der Waals surface area (Å²) < 4.78 is 0. The van der Waals surface area contributed by atoms with Crippen molar-refractivity contribution in [2.75, 3.05) is 24.5 Å². The van der Waals surface area contributed by atoms with Crippen molar-refractivity contribution in [2.24, 2.45) is 5.73 Å². The van der Waals surface area contributed by atoms with Gasteiger partial charge in [-0.1, -0.05) is 6.92 Å². The summed E-state index contributed by atoms with van der Waals surface area (Å²) in [5.41, 5.74) is 8.23. The maximum Gasteiger partial charge on any atom is 0.135 e. The van der Waals surface area contributed by atoms with E-state index in [1.54, 1.807) is 6.33 Å². The molecule has 0 aromatic carbocycles. The molecule has 1 heterocycles. The van der Waals surface area contributed by atoms with Gasteiger partial charge in [0.15, 0.2) is 0 Å². The predicted molar refractivity (Wildman–Crippen MR) is 70.2 cm³/mol. The molecule has 1 aromatic rings. The number of hydrogen-bond donors (Lipinski definition) is 1. The number of nitrogens with two attached hydrogens (primary N) is 1. The zero-order valence-corrected chi connectivity index (χ0v) is 10.7. The molecule has 0 fully saturated rings. The Morgan fingerprint density at radius 2 is 2.18 bits per heavy atom. The Labute approximate surface area is 103 Å². The molecule has 1 aromatic heterocycles. The molecule has 4 heteroatoms. The van der Waals surface area contributed by atoms with E-state index < -0.39 is 0 Å². The second-order valence-corrected chi connectivity index (χ2v) is 4.61. The zero-order chi connectivity index (χ0) is 12.1. The van der Waals surface area contributed by atoms with E-state index in [0.29, 0.717) is 0 Å². The van der Waals surface area contributed by atoms with Crippen LogP contribution in [0.15, 0.2) is 6.33 Å². The van der Waals surface area contributed by atoms with E-state index in [4.69, 9.17) is 5.73 Å². The van der Waals surface area contributed by atoms with Gasteiger partial charge in [-0.25, -0.2) is 9.97 Å². The van der Waals surface area contributed by atoms with E-state index in [0.717, 1.165) is 51.1 Å². The van der Waals surface area contributed by atoms with Crippen LogP contribution in [0, 0.1) is 0 Å². The lowest BCUT2D eigenvalue weighted by atomic mass is 10.2. The summed E-state index contributed by atoms with van der Waals surface area (Å²) in [6.07, 6.45) is 7.35. The third kappa shape index (κ3) is 2.75. The molecule has 0 radical (unpaired) electrons. The van der Waals surface area contributed by atoms with Gasteiger partial charge in [0.05, 0.1) is 0 Å². The fourth-order valence-corrected chi connectivity index (χ4v) is 2.49. The Hall–Kier alpha value is -1.16. The molecule has 0 atom stereocenters. The van der Waals surface area contributed by atoms with Crippen LogP contribution in [0.1, 0.15) is 37.4 Å². The van der Waals surface area contributed by atoms with Gasteiger partial charge < -0.3 is 10.6 Å². The molecule has 94 valence electrons. The summed E-state index contributed by atoms with van der Waals surface area (Å²) in [5, 5.41) is 0. The molecule has 0 saturated heterocycles. The molecule has 17 heavy (non-hydrogen) atoms. The molecule has 2 N–H and O–H groups in total. The van der Waals surface area contributed by atoms with Crippen molar-refractivity contribution in [1.82, 2.24) is 9.97 Å². The first-order chi connectivity index (χ1) is 8.36. The van der Waals surface area contributed by atoms with E-state index in [1.807, 2.05) is 0 Å². The molecular formula is C13H22N4. The Morgan fingerprint density at radius 1 is 1.29 bits per heavy atom. The first-order valence-corrected chi connectivity index (χ1v) is 6.64. The van der Waals surface area contributed by atoms with Gasteiger partial charge in [0.25, 0.3) is 0 Å². The van der Waals surface area contributed by atoms with Gasteiger partial charge >= 0.3 is 0 Å². The van der Waals surface area contributed by atoms with E-state index in [2.05, 4.69) is 21.8 Å². The zero-order valence-electron chi connectivity index (χ0n) is 10.7. The topological polar surface area (TPSA) is 55.0 Å². The number of anilines is 1. The highest BCUT2D eigenvalue weighted by Gasteiger charge is 2.20. The van der Waals surface area contributed by atoms with Crippen LogP contribution >= 0.6 is 0 Å². The second-order valence-electron chi connectivity index (χ2n) is 4.61. The molecule has 0 bridgehead atoms. The third-order valence-corrected chi connectivity index (χ3v) is 3.28. The van der Waals surface area contributed by atoms with E-state index >= 15 is 0 Å². The first kappa shape index (κ1) is 12.3.